The summed E-state index contributed by atoms with van der Waals surface area (Å²) in [7, 11) is 1.77. The Labute approximate surface area is 128 Å². The number of rotatable bonds is 4. The average molecular weight is 354 g/mol. The Morgan fingerprint density at radius 2 is 2.10 bits per heavy atom. The molecule has 0 saturated heterocycles. The summed E-state index contributed by atoms with van der Waals surface area (Å²) in [4.78, 5) is 34.6. The van der Waals surface area contributed by atoms with Gasteiger partial charge < -0.3 is 4.57 Å². The number of carbonyl (C=O) groups excluding carboxylic acids is 1. The standard InChI is InChI=1S/C13H12BrN3O4/c1-8-10(17(20)21)6-16(13(19)12(8)14)7-11(18)9-3-4-15(2)5-9/h3-6H,7H2,1-2H3. The maximum absolute atomic E-state index is 12.1. The predicted molar refractivity (Wildman–Crippen MR) is 79.5 cm³/mol. The fourth-order valence-electron chi connectivity index (χ4n) is 1.92. The van der Waals surface area contributed by atoms with Gasteiger partial charge in [-0.2, -0.15) is 0 Å². The molecule has 0 N–H and O–H groups in total. The topological polar surface area (TPSA) is 87.1 Å². The van der Waals surface area contributed by atoms with Crippen LogP contribution in [0.25, 0.3) is 0 Å². The number of halogens is 1. The molecule has 0 aromatic carbocycles. The Morgan fingerprint density at radius 1 is 1.43 bits per heavy atom. The lowest BCUT2D eigenvalue weighted by Crippen LogP contribution is -2.25. The van der Waals surface area contributed by atoms with Crippen LogP contribution in [0.1, 0.15) is 15.9 Å². The molecule has 7 nitrogen and oxygen atoms in total. The van der Waals surface area contributed by atoms with Crippen LogP contribution in [0.4, 0.5) is 5.69 Å². The van der Waals surface area contributed by atoms with Crippen molar-refractivity contribution in [2.75, 3.05) is 0 Å². The lowest BCUT2D eigenvalue weighted by Gasteiger charge is -2.07. The number of ketones is 1. The third-order valence-electron chi connectivity index (χ3n) is 3.10. The second kappa shape index (κ2) is 5.65. The van der Waals surface area contributed by atoms with E-state index >= 15 is 0 Å². The summed E-state index contributed by atoms with van der Waals surface area (Å²) in [6.45, 7) is 1.23. The second-order valence-corrected chi connectivity index (χ2v) is 5.43. The lowest BCUT2D eigenvalue weighted by molar-refractivity contribution is -0.386. The molecule has 8 heteroatoms. The van der Waals surface area contributed by atoms with Gasteiger partial charge in [-0.15, -0.1) is 0 Å². The maximum Gasteiger partial charge on any atom is 0.289 e. The van der Waals surface area contributed by atoms with Crippen LogP contribution >= 0.6 is 15.9 Å². The van der Waals surface area contributed by atoms with Crippen LogP contribution in [0.2, 0.25) is 0 Å². The summed E-state index contributed by atoms with van der Waals surface area (Å²) in [5, 5.41) is 11.0. The fourth-order valence-corrected chi connectivity index (χ4v) is 2.35. The molecule has 0 spiro atoms. The van der Waals surface area contributed by atoms with Crippen LogP contribution in [0.5, 0.6) is 0 Å². The van der Waals surface area contributed by atoms with Crippen molar-refractivity contribution in [1.29, 1.82) is 0 Å². The predicted octanol–water partition coefficient (Wildman–Crippen LogP) is 2.05. The first-order valence-electron chi connectivity index (χ1n) is 6.00. The minimum Gasteiger partial charge on any atom is -0.357 e. The fraction of sp³-hybridized carbons (Fsp3) is 0.231. The van der Waals surface area contributed by atoms with E-state index < -0.39 is 10.5 Å². The SMILES string of the molecule is Cc1c([N+](=O)[O-])cn(CC(=O)c2ccn(C)c2)c(=O)c1Br. The maximum atomic E-state index is 12.1. The van der Waals surface area contributed by atoms with Gasteiger partial charge in [0.1, 0.15) is 0 Å². The van der Waals surface area contributed by atoms with Crippen LogP contribution < -0.4 is 5.56 Å². The number of nitrogens with zero attached hydrogens (tertiary/aromatic N) is 3. The molecule has 110 valence electrons. The third kappa shape index (κ3) is 2.94. The van der Waals surface area contributed by atoms with Crippen molar-refractivity contribution < 1.29 is 9.72 Å². The molecule has 0 atom stereocenters. The van der Waals surface area contributed by atoms with Crippen molar-refractivity contribution >= 4 is 27.4 Å². The van der Waals surface area contributed by atoms with E-state index in [9.17, 15) is 19.7 Å². The van der Waals surface area contributed by atoms with E-state index in [4.69, 9.17) is 0 Å². The minimum atomic E-state index is -0.580. The number of Topliss-reactive ketones (excluding diaryl/α,β-unsaturated/α-hetero) is 1. The van der Waals surface area contributed by atoms with E-state index in [0.29, 0.717) is 5.56 Å². The van der Waals surface area contributed by atoms with Crippen molar-refractivity contribution in [1.82, 2.24) is 9.13 Å². The highest BCUT2D eigenvalue weighted by molar-refractivity contribution is 9.10. The second-order valence-electron chi connectivity index (χ2n) is 4.63. The monoisotopic (exact) mass is 353 g/mol. The zero-order valence-corrected chi connectivity index (χ0v) is 13.0. The quantitative estimate of drug-likeness (QED) is 0.478. The largest absolute Gasteiger partial charge is 0.357 e. The van der Waals surface area contributed by atoms with Gasteiger partial charge in [0, 0.05) is 30.6 Å². The molecule has 0 bridgehead atoms. The molecule has 2 heterocycles. The molecule has 0 aliphatic rings. The molecule has 2 rings (SSSR count). The van der Waals surface area contributed by atoms with Crippen molar-refractivity contribution in [3.8, 4) is 0 Å². The van der Waals surface area contributed by atoms with E-state index in [1.807, 2.05) is 0 Å². The number of nitro groups is 1. The van der Waals surface area contributed by atoms with E-state index in [-0.39, 0.29) is 28.1 Å². The molecular formula is C13H12BrN3O4. The van der Waals surface area contributed by atoms with Gasteiger partial charge in [-0.1, -0.05) is 0 Å². The van der Waals surface area contributed by atoms with Crippen LogP contribution in [-0.2, 0) is 13.6 Å². The first-order chi connectivity index (χ1) is 9.81. The Kier molecular flexibility index (Phi) is 4.08. The van der Waals surface area contributed by atoms with Gasteiger partial charge >= 0.3 is 0 Å². The van der Waals surface area contributed by atoms with Gasteiger partial charge in [0.15, 0.2) is 5.78 Å². The number of aromatic nitrogens is 2. The van der Waals surface area contributed by atoms with Gasteiger partial charge in [0.2, 0.25) is 0 Å². The Balaban J connectivity index is 2.43. The third-order valence-corrected chi connectivity index (χ3v) is 4.04. The van der Waals surface area contributed by atoms with Crippen molar-refractivity contribution in [2.45, 2.75) is 13.5 Å². The number of hydrogen-bond acceptors (Lipinski definition) is 4. The highest BCUT2D eigenvalue weighted by Crippen LogP contribution is 2.22. The lowest BCUT2D eigenvalue weighted by atomic mass is 10.2. The molecule has 0 radical (unpaired) electrons. The smallest absolute Gasteiger partial charge is 0.289 e. The van der Waals surface area contributed by atoms with Crippen LogP contribution in [0.15, 0.2) is 33.9 Å². The summed E-state index contributed by atoms with van der Waals surface area (Å²) in [6, 6.07) is 1.63. The van der Waals surface area contributed by atoms with E-state index in [1.54, 1.807) is 30.1 Å². The van der Waals surface area contributed by atoms with Crippen LogP contribution in [0, 0.1) is 17.0 Å². The summed E-state index contributed by atoms with van der Waals surface area (Å²) in [5.41, 5.74) is 0.0156. The minimum absolute atomic E-state index is 0.0950. The van der Waals surface area contributed by atoms with Crippen LogP contribution in [-0.4, -0.2) is 19.8 Å². The Bertz CT molecular complexity index is 791. The van der Waals surface area contributed by atoms with Crippen molar-refractivity contribution in [2.24, 2.45) is 7.05 Å². The molecule has 0 fully saturated rings. The molecular weight excluding hydrogens is 342 g/mol. The van der Waals surface area contributed by atoms with Crippen molar-refractivity contribution in [3.63, 3.8) is 0 Å². The normalized spacial score (nSPS) is 10.6. The molecule has 0 unspecified atom stereocenters. The van der Waals surface area contributed by atoms with Gasteiger partial charge in [0.05, 0.1) is 22.1 Å². The highest BCUT2D eigenvalue weighted by atomic mass is 79.9. The van der Waals surface area contributed by atoms with E-state index in [0.717, 1.165) is 10.8 Å². The molecule has 0 aliphatic carbocycles. The average Bonchev–Trinajstić information content (AvgIpc) is 2.85. The molecule has 0 saturated carbocycles. The summed E-state index contributed by atoms with van der Waals surface area (Å²) >= 11 is 3.05. The number of hydrogen-bond donors (Lipinski definition) is 0. The molecule has 0 aliphatic heterocycles. The number of aryl methyl sites for hydroxylation is 1. The first kappa shape index (κ1) is 15.2. The summed E-state index contributed by atoms with van der Waals surface area (Å²) in [6.07, 6.45) is 4.44. The Hall–Kier alpha value is -2.22. The van der Waals surface area contributed by atoms with Gasteiger partial charge in [0.25, 0.3) is 11.2 Å². The number of pyridine rings is 1. The van der Waals surface area contributed by atoms with Gasteiger partial charge in [-0.25, -0.2) is 0 Å². The molecule has 2 aromatic heterocycles. The van der Waals surface area contributed by atoms with Gasteiger partial charge in [-0.3, -0.25) is 24.3 Å². The first-order valence-corrected chi connectivity index (χ1v) is 6.79. The Morgan fingerprint density at radius 3 is 2.62 bits per heavy atom. The summed E-state index contributed by atoms with van der Waals surface area (Å²) < 4.78 is 2.85. The van der Waals surface area contributed by atoms with E-state index in [1.165, 1.54) is 6.92 Å². The van der Waals surface area contributed by atoms with Gasteiger partial charge in [-0.05, 0) is 28.9 Å². The zero-order valence-electron chi connectivity index (χ0n) is 11.4. The highest BCUT2D eigenvalue weighted by Gasteiger charge is 2.20. The number of carbonyl (C=O) groups is 1. The molecule has 21 heavy (non-hydrogen) atoms. The van der Waals surface area contributed by atoms with Crippen molar-refractivity contribution in [3.05, 3.63) is 60.7 Å². The van der Waals surface area contributed by atoms with E-state index in [2.05, 4.69) is 15.9 Å². The molecule has 0 amide bonds. The van der Waals surface area contributed by atoms with Crippen LogP contribution in [0.3, 0.4) is 0 Å². The summed E-state index contributed by atoms with van der Waals surface area (Å²) in [5.74, 6) is -0.289. The zero-order chi connectivity index (χ0) is 15.7. The molecule has 2 aromatic rings.